The second-order valence-corrected chi connectivity index (χ2v) is 4.33. The zero-order chi connectivity index (χ0) is 13.7. The molecule has 0 saturated carbocycles. The highest BCUT2D eigenvalue weighted by molar-refractivity contribution is 5.68. The molecule has 0 spiro atoms. The van der Waals surface area contributed by atoms with Gasteiger partial charge in [-0.3, -0.25) is 0 Å². The molecule has 0 unspecified atom stereocenters. The van der Waals surface area contributed by atoms with Gasteiger partial charge in [0.05, 0.1) is 14.2 Å². The van der Waals surface area contributed by atoms with Gasteiger partial charge in [0.25, 0.3) is 0 Å². The summed E-state index contributed by atoms with van der Waals surface area (Å²) in [5.41, 5.74) is 3.50. The van der Waals surface area contributed by atoms with Crippen LogP contribution in [0.5, 0.6) is 11.5 Å². The highest BCUT2D eigenvalue weighted by Crippen LogP contribution is 2.30. The normalized spacial score (nSPS) is 10.3. The standard InChI is InChI=1S/C16H19NO2/c1-17-11-12-5-4-6-13(7-12)14-8-15(18-2)10-16(9-14)19-3/h4-10,17H,11H2,1-3H3. The van der Waals surface area contributed by atoms with E-state index in [1.807, 2.05) is 25.2 Å². The first kappa shape index (κ1) is 13.4. The van der Waals surface area contributed by atoms with E-state index in [0.29, 0.717) is 0 Å². The molecule has 0 aliphatic heterocycles. The van der Waals surface area contributed by atoms with Crippen molar-refractivity contribution in [2.24, 2.45) is 0 Å². The third-order valence-electron chi connectivity index (χ3n) is 2.99. The molecule has 2 aromatic carbocycles. The molecule has 100 valence electrons. The smallest absolute Gasteiger partial charge is 0.123 e. The molecule has 0 saturated heterocycles. The van der Waals surface area contributed by atoms with Crippen molar-refractivity contribution in [3.63, 3.8) is 0 Å². The van der Waals surface area contributed by atoms with Crippen molar-refractivity contribution in [1.82, 2.24) is 5.32 Å². The van der Waals surface area contributed by atoms with Crippen molar-refractivity contribution >= 4 is 0 Å². The molecular formula is C16H19NO2. The Morgan fingerprint density at radius 2 is 1.58 bits per heavy atom. The average Bonchev–Trinajstić information content (AvgIpc) is 2.47. The van der Waals surface area contributed by atoms with Gasteiger partial charge in [-0.1, -0.05) is 18.2 Å². The number of hydrogen-bond donors (Lipinski definition) is 1. The SMILES string of the molecule is CNCc1cccc(-c2cc(OC)cc(OC)c2)c1. The van der Waals surface area contributed by atoms with E-state index in [-0.39, 0.29) is 0 Å². The minimum Gasteiger partial charge on any atom is -0.497 e. The molecule has 0 radical (unpaired) electrons. The molecule has 0 aliphatic carbocycles. The Hall–Kier alpha value is -2.00. The van der Waals surface area contributed by atoms with Crippen LogP contribution in [0.25, 0.3) is 11.1 Å². The molecule has 0 aromatic heterocycles. The van der Waals surface area contributed by atoms with Crippen LogP contribution in [0.4, 0.5) is 0 Å². The summed E-state index contributed by atoms with van der Waals surface area (Å²) in [7, 11) is 5.27. The topological polar surface area (TPSA) is 30.5 Å². The average molecular weight is 257 g/mol. The molecule has 0 fully saturated rings. The van der Waals surface area contributed by atoms with E-state index in [1.54, 1.807) is 14.2 Å². The lowest BCUT2D eigenvalue weighted by molar-refractivity contribution is 0.394. The summed E-state index contributed by atoms with van der Waals surface area (Å²) in [5, 5.41) is 3.16. The Labute approximate surface area is 114 Å². The molecular weight excluding hydrogens is 238 g/mol. The zero-order valence-corrected chi connectivity index (χ0v) is 11.6. The maximum atomic E-state index is 5.30. The van der Waals surface area contributed by atoms with Gasteiger partial charge >= 0.3 is 0 Å². The molecule has 0 atom stereocenters. The van der Waals surface area contributed by atoms with E-state index in [2.05, 4.69) is 29.6 Å². The lowest BCUT2D eigenvalue weighted by Crippen LogP contribution is -2.04. The van der Waals surface area contributed by atoms with Crippen LogP contribution in [0.3, 0.4) is 0 Å². The van der Waals surface area contributed by atoms with E-state index in [9.17, 15) is 0 Å². The van der Waals surface area contributed by atoms with Crippen LogP contribution < -0.4 is 14.8 Å². The zero-order valence-electron chi connectivity index (χ0n) is 11.6. The molecule has 1 N–H and O–H groups in total. The fourth-order valence-electron chi connectivity index (χ4n) is 2.04. The molecule has 0 amide bonds. The van der Waals surface area contributed by atoms with Crippen molar-refractivity contribution in [2.45, 2.75) is 6.54 Å². The van der Waals surface area contributed by atoms with Crippen molar-refractivity contribution in [1.29, 1.82) is 0 Å². The predicted molar refractivity (Wildman–Crippen MR) is 77.7 cm³/mol. The van der Waals surface area contributed by atoms with E-state index >= 15 is 0 Å². The maximum Gasteiger partial charge on any atom is 0.123 e. The van der Waals surface area contributed by atoms with Crippen LogP contribution in [-0.4, -0.2) is 21.3 Å². The summed E-state index contributed by atoms with van der Waals surface area (Å²) in [4.78, 5) is 0. The Bertz CT molecular complexity index is 530. The van der Waals surface area contributed by atoms with E-state index in [0.717, 1.165) is 29.2 Å². The Balaban J connectivity index is 2.42. The van der Waals surface area contributed by atoms with E-state index in [1.165, 1.54) is 5.56 Å². The van der Waals surface area contributed by atoms with Crippen LogP contribution in [0.1, 0.15) is 5.56 Å². The predicted octanol–water partition coefficient (Wildman–Crippen LogP) is 3.09. The van der Waals surface area contributed by atoms with Gasteiger partial charge in [0, 0.05) is 12.6 Å². The number of rotatable bonds is 5. The van der Waals surface area contributed by atoms with Gasteiger partial charge in [0.1, 0.15) is 11.5 Å². The lowest BCUT2D eigenvalue weighted by atomic mass is 10.0. The number of methoxy groups -OCH3 is 2. The summed E-state index contributed by atoms with van der Waals surface area (Å²) in [6, 6.07) is 14.3. The minimum absolute atomic E-state index is 0.799. The molecule has 3 heteroatoms. The van der Waals surface area contributed by atoms with Crippen molar-refractivity contribution < 1.29 is 9.47 Å². The third kappa shape index (κ3) is 3.26. The summed E-state index contributed by atoms with van der Waals surface area (Å²) in [6.45, 7) is 0.856. The number of nitrogens with one attached hydrogen (secondary N) is 1. The Kier molecular flexibility index (Phi) is 4.42. The molecule has 2 aromatic rings. The lowest BCUT2D eigenvalue weighted by Gasteiger charge is -2.10. The van der Waals surface area contributed by atoms with Gasteiger partial charge < -0.3 is 14.8 Å². The van der Waals surface area contributed by atoms with Crippen LogP contribution in [-0.2, 0) is 6.54 Å². The van der Waals surface area contributed by atoms with Crippen molar-refractivity contribution in [3.05, 3.63) is 48.0 Å². The fraction of sp³-hybridized carbons (Fsp3) is 0.250. The summed E-state index contributed by atoms with van der Waals surface area (Å²) in [6.07, 6.45) is 0. The molecule has 19 heavy (non-hydrogen) atoms. The summed E-state index contributed by atoms with van der Waals surface area (Å²) < 4.78 is 10.6. The quantitative estimate of drug-likeness (QED) is 0.893. The number of ether oxygens (including phenoxy) is 2. The highest BCUT2D eigenvalue weighted by atomic mass is 16.5. The van der Waals surface area contributed by atoms with Gasteiger partial charge in [0.2, 0.25) is 0 Å². The van der Waals surface area contributed by atoms with Crippen molar-refractivity contribution in [3.8, 4) is 22.6 Å². The molecule has 2 rings (SSSR count). The number of hydrogen-bond acceptors (Lipinski definition) is 3. The van der Waals surface area contributed by atoms with Gasteiger partial charge in [-0.05, 0) is 41.9 Å². The minimum atomic E-state index is 0.799. The van der Waals surface area contributed by atoms with Gasteiger partial charge in [0.15, 0.2) is 0 Å². The Morgan fingerprint density at radius 1 is 0.895 bits per heavy atom. The first-order valence-electron chi connectivity index (χ1n) is 6.24. The molecule has 3 nitrogen and oxygen atoms in total. The number of benzene rings is 2. The van der Waals surface area contributed by atoms with Crippen LogP contribution in [0.15, 0.2) is 42.5 Å². The van der Waals surface area contributed by atoms with E-state index < -0.39 is 0 Å². The van der Waals surface area contributed by atoms with Gasteiger partial charge in [-0.15, -0.1) is 0 Å². The van der Waals surface area contributed by atoms with Gasteiger partial charge in [-0.2, -0.15) is 0 Å². The fourth-order valence-corrected chi connectivity index (χ4v) is 2.04. The first-order chi connectivity index (χ1) is 9.26. The Morgan fingerprint density at radius 3 is 2.16 bits per heavy atom. The van der Waals surface area contributed by atoms with Crippen LogP contribution in [0.2, 0.25) is 0 Å². The largest absolute Gasteiger partial charge is 0.497 e. The molecule has 0 aliphatic rings. The third-order valence-corrected chi connectivity index (χ3v) is 2.99. The second-order valence-electron chi connectivity index (χ2n) is 4.33. The second kappa shape index (κ2) is 6.25. The highest BCUT2D eigenvalue weighted by Gasteiger charge is 2.05. The first-order valence-corrected chi connectivity index (χ1v) is 6.24. The summed E-state index contributed by atoms with van der Waals surface area (Å²) >= 11 is 0. The van der Waals surface area contributed by atoms with Crippen molar-refractivity contribution in [2.75, 3.05) is 21.3 Å². The molecule has 0 heterocycles. The molecule has 0 bridgehead atoms. The summed E-state index contributed by atoms with van der Waals surface area (Å²) in [5.74, 6) is 1.60. The van der Waals surface area contributed by atoms with Crippen LogP contribution >= 0.6 is 0 Å². The van der Waals surface area contributed by atoms with Gasteiger partial charge in [-0.25, -0.2) is 0 Å². The monoisotopic (exact) mass is 257 g/mol. The van der Waals surface area contributed by atoms with Crippen LogP contribution in [0, 0.1) is 0 Å². The maximum absolute atomic E-state index is 5.30. The van der Waals surface area contributed by atoms with E-state index in [4.69, 9.17) is 9.47 Å².